The van der Waals surface area contributed by atoms with Gasteiger partial charge >= 0.3 is 0 Å². The average Bonchev–Trinajstić information content (AvgIpc) is 3.57. The van der Waals surface area contributed by atoms with Gasteiger partial charge in [0.25, 0.3) is 6.02 Å². The monoisotopic (exact) mass is 522 g/mol. The van der Waals surface area contributed by atoms with Crippen molar-refractivity contribution in [1.29, 1.82) is 0 Å². The molecule has 12 heteroatoms. The third kappa shape index (κ3) is 4.66. The Bertz CT molecular complexity index is 1710. The number of hydrogen-bond acceptors (Lipinski definition) is 11. The van der Waals surface area contributed by atoms with E-state index >= 15 is 0 Å². The molecule has 1 fully saturated rings. The fourth-order valence-electron chi connectivity index (χ4n) is 4.91. The highest BCUT2D eigenvalue weighted by Crippen LogP contribution is 2.32. The molecule has 196 valence electrons. The molecule has 1 saturated heterocycles. The summed E-state index contributed by atoms with van der Waals surface area (Å²) in [6.07, 6.45) is 6.68. The van der Waals surface area contributed by atoms with Gasteiger partial charge in [0.1, 0.15) is 36.2 Å². The summed E-state index contributed by atoms with van der Waals surface area (Å²) in [5.74, 6) is 1.84. The van der Waals surface area contributed by atoms with Gasteiger partial charge in [0.2, 0.25) is 5.88 Å². The number of nitrogens with zero attached hydrogens (tertiary/aromatic N) is 7. The molecule has 39 heavy (non-hydrogen) atoms. The average molecular weight is 523 g/mol. The van der Waals surface area contributed by atoms with E-state index in [1.807, 2.05) is 43.3 Å². The molecule has 5 aromatic rings. The summed E-state index contributed by atoms with van der Waals surface area (Å²) in [6.45, 7) is 4.57. The molecule has 0 bridgehead atoms. The number of amidine groups is 1. The number of aliphatic imine (C=N–C) groups is 1. The van der Waals surface area contributed by atoms with Crippen LogP contribution in [0.25, 0.3) is 16.6 Å². The van der Waals surface area contributed by atoms with Gasteiger partial charge in [-0.05, 0) is 62.0 Å². The number of fused-ring (bicyclic) bond motifs is 2. The Labute approximate surface area is 223 Å². The highest BCUT2D eigenvalue weighted by molar-refractivity contribution is 5.97. The van der Waals surface area contributed by atoms with Crippen LogP contribution in [0.5, 0.6) is 11.6 Å². The lowest BCUT2D eigenvalue weighted by Gasteiger charge is -2.32. The molecule has 3 N–H and O–H groups in total. The van der Waals surface area contributed by atoms with Crippen LogP contribution < -0.4 is 20.7 Å². The molecule has 3 aromatic heterocycles. The summed E-state index contributed by atoms with van der Waals surface area (Å²) in [4.78, 5) is 17.9. The molecule has 7 rings (SSSR count). The van der Waals surface area contributed by atoms with Crippen molar-refractivity contribution >= 4 is 39.8 Å². The number of anilines is 3. The SMILES string of the molecule is Cc1cc(Nc2ncnc3ccc(NC4=NCC5(CCNCC5)O4)cc23)ccc1Oc1cc2nncn2cn1. The highest BCUT2D eigenvalue weighted by atomic mass is 16.5. The smallest absolute Gasteiger partial charge is 0.289 e. The third-order valence-electron chi connectivity index (χ3n) is 7.04. The number of aromatic nitrogens is 6. The third-order valence-corrected chi connectivity index (χ3v) is 7.04. The minimum atomic E-state index is -0.187. The van der Waals surface area contributed by atoms with Gasteiger partial charge in [0, 0.05) is 35.7 Å². The highest BCUT2D eigenvalue weighted by Gasteiger charge is 2.39. The maximum atomic E-state index is 6.24. The molecule has 0 unspecified atom stereocenters. The standard InChI is InChI=1S/C27H26N10O2/c1-17-10-18(3-5-22(17)38-24-12-23-36-33-16-37(23)15-32-24)34-25-20-11-19(2-4-21(20)30-14-31-25)35-26-29-13-27(39-26)6-8-28-9-7-27/h2-5,10-12,14-16,28H,6-9,13H2,1H3,(H,29,35)(H,30,31,34). The van der Waals surface area contributed by atoms with Gasteiger partial charge in [0.15, 0.2) is 5.65 Å². The Morgan fingerprint density at radius 3 is 2.74 bits per heavy atom. The number of benzene rings is 2. The molecule has 2 aliphatic heterocycles. The van der Waals surface area contributed by atoms with Crippen molar-refractivity contribution in [1.82, 2.24) is 34.9 Å². The van der Waals surface area contributed by atoms with Gasteiger partial charge in [-0.3, -0.25) is 4.40 Å². The zero-order chi connectivity index (χ0) is 26.2. The number of aryl methyl sites for hydroxylation is 1. The minimum absolute atomic E-state index is 0.187. The van der Waals surface area contributed by atoms with Crippen LogP contribution in [-0.2, 0) is 4.74 Å². The van der Waals surface area contributed by atoms with E-state index in [0.717, 1.165) is 53.8 Å². The number of rotatable bonds is 5. The summed E-state index contributed by atoms with van der Waals surface area (Å²) in [6, 6.07) is 14.1. The van der Waals surface area contributed by atoms with Crippen molar-refractivity contribution in [2.75, 3.05) is 30.3 Å². The van der Waals surface area contributed by atoms with Crippen LogP contribution in [-0.4, -0.2) is 60.8 Å². The Balaban J connectivity index is 1.09. The predicted octanol–water partition coefficient (Wildman–Crippen LogP) is 3.83. The second-order valence-electron chi connectivity index (χ2n) is 9.77. The van der Waals surface area contributed by atoms with Crippen molar-refractivity contribution < 1.29 is 9.47 Å². The fraction of sp³-hybridized carbons (Fsp3) is 0.259. The van der Waals surface area contributed by atoms with Crippen LogP contribution >= 0.6 is 0 Å². The Morgan fingerprint density at radius 1 is 0.974 bits per heavy atom. The topological polar surface area (TPSA) is 136 Å². The molecule has 0 amide bonds. The summed E-state index contributed by atoms with van der Waals surface area (Å²) in [5.41, 5.74) is 3.98. The van der Waals surface area contributed by atoms with Gasteiger partial charge in [0.05, 0.1) is 12.1 Å². The van der Waals surface area contributed by atoms with Crippen molar-refractivity contribution in [3.05, 3.63) is 67.0 Å². The summed E-state index contributed by atoms with van der Waals surface area (Å²) < 4.78 is 14.0. The second-order valence-corrected chi connectivity index (χ2v) is 9.77. The van der Waals surface area contributed by atoms with Crippen LogP contribution in [0.2, 0.25) is 0 Å². The van der Waals surface area contributed by atoms with Crippen LogP contribution in [0.4, 0.5) is 17.2 Å². The normalized spacial score (nSPS) is 16.3. The van der Waals surface area contributed by atoms with Crippen LogP contribution in [0.15, 0.2) is 66.4 Å². The first kappa shape index (κ1) is 23.3. The van der Waals surface area contributed by atoms with Crippen molar-refractivity contribution in [2.45, 2.75) is 25.4 Å². The summed E-state index contributed by atoms with van der Waals surface area (Å²) in [5, 5.41) is 18.9. The predicted molar refractivity (Wildman–Crippen MR) is 147 cm³/mol. The van der Waals surface area contributed by atoms with E-state index in [0.29, 0.717) is 35.7 Å². The van der Waals surface area contributed by atoms with E-state index < -0.39 is 0 Å². The van der Waals surface area contributed by atoms with Crippen LogP contribution in [0, 0.1) is 6.92 Å². The molecule has 0 aliphatic carbocycles. The zero-order valence-corrected chi connectivity index (χ0v) is 21.3. The number of piperidine rings is 1. The molecule has 5 heterocycles. The van der Waals surface area contributed by atoms with Gasteiger partial charge in [-0.15, -0.1) is 10.2 Å². The summed E-state index contributed by atoms with van der Waals surface area (Å²) >= 11 is 0. The molecule has 2 aliphatic rings. The quantitative estimate of drug-likeness (QED) is 0.312. The Hall–Kier alpha value is -4.84. The van der Waals surface area contributed by atoms with Crippen molar-refractivity contribution in [3.63, 3.8) is 0 Å². The van der Waals surface area contributed by atoms with Crippen LogP contribution in [0.1, 0.15) is 18.4 Å². The lowest BCUT2D eigenvalue weighted by atomic mass is 9.93. The first-order valence-electron chi connectivity index (χ1n) is 12.8. The maximum absolute atomic E-state index is 6.24. The van der Waals surface area contributed by atoms with Gasteiger partial charge in [-0.2, -0.15) is 0 Å². The molecular formula is C27H26N10O2. The van der Waals surface area contributed by atoms with E-state index in [1.54, 1.807) is 29.4 Å². The molecule has 1 spiro atoms. The molecule has 0 radical (unpaired) electrons. The van der Waals surface area contributed by atoms with Gasteiger partial charge in [-0.1, -0.05) is 0 Å². The number of nitrogens with one attached hydrogen (secondary N) is 3. The summed E-state index contributed by atoms with van der Waals surface area (Å²) in [7, 11) is 0. The van der Waals surface area contributed by atoms with Crippen LogP contribution in [0.3, 0.4) is 0 Å². The van der Waals surface area contributed by atoms with Gasteiger partial charge < -0.3 is 25.4 Å². The first-order valence-corrected chi connectivity index (χ1v) is 12.8. The zero-order valence-electron chi connectivity index (χ0n) is 21.3. The van der Waals surface area contributed by atoms with E-state index in [4.69, 9.17) is 9.47 Å². The fourth-order valence-corrected chi connectivity index (χ4v) is 4.91. The van der Waals surface area contributed by atoms with E-state index in [2.05, 4.69) is 46.1 Å². The molecule has 0 atom stereocenters. The molecule has 12 nitrogen and oxygen atoms in total. The first-order chi connectivity index (χ1) is 19.1. The van der Waals surface area contributed by atoms with Crippen molar-refractivity contribution in [2.24, 2.45) is 4.99 Å². The lowest BCUT2D eigenvalue weighted by molar-refractivity contribution is 0.0537. The molecule has 0 saturated carbocycles. The number of hydrogen-bond donors (Lipinski definition) is 3. The van der Waals surface area contributed by atoms with Gasteiger partial charge in [-0.25, -0.2) is 19.9 Å². The molecule has 2 aromatic carbocycles. The second kappa shape index (κ2) is 9.48. The van der Waals surface area contributed by atoms with E-state index in [9.17, 15) is 0 Å². The van der Waals surface area contributed by atoms with E-state index in [1.165, 1.54) is 0 Å². The maximum Gasteiger partial charge on any atom is 0.289 e. The molecular weight excluding hydrogens is 496 g/mol. The van der Waals surface area contributed by atoms with Crippen molar-refractivity contribution in [3.8, 4) is 11.6 Å². The number of ether oxygens (including phenoxy) is 2. The van der Waals surface area contributed by atoms with E-state index in [-0.39, 0.29) is 5.60 Å². The lowest BCUT2D eigenvalue weighted by Crippen LogP contribution is -2.45. The Morgan fingerprint density at radius 2 is 1.85 bits per heavy atom. The Kier molecular flexibility index (Phi) is 5.66. The largest absolute Gasteiger partial charge is 0.456 e. The minimum Gasteiger partial charge on any atom is -0.456 e.